The van der Waals surface area contributed by atoms with Crippen LogP contribution in [-0.2, 0) is 4.74 Å². The van der Waals surface area contributed by atoms with Gasteiger partial charge in [-0.05, 0) is 33.6 Å². The molecule has 21 heavy (non-hydrogen) atoms. The van der Waals surface area contributed by atoms with Crippen molar-refractivity contribution in [1.82, 2.24) is 15.1 Å². The van der Waals surface area contributed by atoms with Gasteiger partial charge in [0.15, 0.2) is 5.96 Å². The summed E-state index contributed by atoms with van der Waals surface area (Å²) in [6, 6.07) is 0.980. The summed E-state index contributed by atoms with van der Waals surface area (Å²) in [7, 11) is 0. The van der Waals surface area contributed by atoms with Crippen LogP contribution in [0, 0.1) is 0 Å². The highest BCUT2D eigenvalue weighted by atomic mass is 127. The lowest BCUT2D eigenvalue weighted by Gasteiger charge is -2.37. The third-order valence-electron chi connectivity index (χ3n) is 4.23. The van der Waals surface area contributed by atoms with E-state index in [1.54, 1.807) is 0 Å². The van der Waals surface area contributed by atoms with Crippen LogP contribution in [0.15, 0.2) is 4.99 Å². The first kappa shape index (κ1) is 19.0. The summed E-state index contributed by atoms with van der Waals surface area (Å²) >= 11 is 0. The molecule has 2 atom stereocenters. The Labute approximate surface area is 146 Å². The summed E-state index contributed by atoms with van der Waals surface area (Å²) in [5.74, 6) is 1.10. The smallest absolute Gasteiger partial charge is 0.193 e. The Morgan fingerprint density at radius 1 is 1.33 bits per heavy atom. The molecule has 0 aromatic heterocycles. The number of aliphatic imine (C=N–C) groups is 1. The van der Waals surface area contributed by atoms with Gasteiger partial charge in [-0.15, -0.1) is 24.0 Å². The van der Waals surface area contributed by atoms with Crippen LogP contribution in [0.3, 0.4) is 0 Å². The quantitative estimate of drug-likeness (QED) is 0.436. The highest BCUT2D eigenvalue weighted by molar-refractivity contribution is 14.0. The van der Waals surface area contributed by atoms with Crippen molar-refractivity contribution in [2.75, 3.05) is 45.9 Å². The number of hydrogen-bond donors (Lipinski definition) is 1. The lowest BCUT2D eigenvalue weighted by Crippen LogP contribution is -2.49. The van der Waals surface area contributed by atoms with Crippen molar-refractivity contribution in [3.8, 4) is 0 Å². The molecule has 5 nitrogen and oxygen atoms in total. The Morgan fingerprint density at radius 2 is 2.05 bits per heavy atom. The number of rotatable bonds is 4. The predicted molar refractivity (Wildman–Crippen MR) is 98.6 cm³/mol. The molecule has 2 rings (SSSR count). The normalized spacial score (nSPS) is 25.6. The van der Waals surface area contributed by atoms with Gasteiger partial charge in [-0.25, -0.2) is 0 Å². The molecular formula is C15H31IN4O. The highest BCUT2D eigenvalue weighted by Gasteiger charge is 2.24. The second kappa shape index (κ2) is 9.84. The van der Waals surface area contributed by atoms with Crippen molar-refractivity contribution >= 4 is 29.9 Å². The summed E-state index contributed by atoms with van der Waals surface area (Å²) in [6.45, 7) is 13.5. The Morgan fingerprint density at radius 3 is 2.67 bits per heavy atom. The van der Waals surface area contributed by atoms with Crippen LogP contribution in [0.2, 0.25) is 0 Å². The molecule has 2 saturated heterocycles. The number of ether oxygens (including phenoxy) is 1. The summed E-state index contributed by atoms with van der Waals surface area (Å²) < 4.78 is 5.51. The van der Waals surface area contributed by atoms with Crippen LogP contribution in [0.1, 0.15) is 33.6 Å². The molecule has 2 fully saturated rings. The fraction of sp³-hybridized carbons (Fsp3) is 0.933. The lowest BCUT2D eigenvalue weighted by atomic mass is 10.2. The maximum Gasteiger partial charge on any atom is 0.193 e. The van der Waals surface area contributed by atoms with Gasteiger partial charge in [-0.2, -0.15) is 0 Å². The number of halogens is 1. The molecule has 2 aliphatic heterocycles. The van der Waals surface area contributed by atoms with E-state index in [9.17, 15) is 0 Å². The molecule has 0 aromatic rings. The first-order valence-electron chi connectivity index (χ1n) is 8.09. The standard InChI is InChI=1S/C15H30N4O.HI/c1-4-16-15(18-7-5-6-8-18)17-11-13(2)19-9-10-20-12-14(19)3;/h13-14H,4-12H2,1-3H3,(H,16,17);1H. The maximum atomic E-state index is 5.51. The highest BCUT2D eigenvalue weighted by Crippen LogP contribution is 2.12. The van der Waals surface area contributed by atoms with Gasteiger partial charge in [0.2, 0.25) is 0 Å². The van der Waals surface area contributed by atoms with E-state index < -0.39 is 0 Å². The number of morpholine rings is 1. The fourth-order valence-electron chi connectivity index (χ4n) is 3.07. The van der Waals surface area contributed by atoms with Crippen LogP contribution in [0.5, 0.6) is 0 Å². The van der Waals surface area contributed by atoms with Crippen molar-refractivity contribution in [2.24, 2.45) is 4.99 Å². The average molecular weight is 410 g/mol. The molecule has 124 valence electrons. The van der Waals surface area contributed by atoms with Gasteiger partial charge in [0.25, 0.3) is 0 Å². The number of nitrogens with one attached hydrogen (secondary N) is 1. The van der Waals surface area contributed by atoms with Gasteiger partial charge >= 0.3 is 0 Å². The van der Waals surface area contributed by atoms with Gasteiger partial charge in [0.1, 0.15) is 0 Å². The van der Waals surface area contributed by atoms with E-state index in [2.05, 4.69) is 35.9 Å². The van der Waals surface area contributed by atoms with Crippen LogP contribution >= 0.6 is 24.0 Å². The van der Waals surface area contributed by atoms with Crippen molar-refractivity contribution in [3.05, 3.63) is 0 Å². The van der Waals surface area contributed by atoms with E-state index in [-0.39, 0.29) is 24.0 Å². The van der Waals surface area contributed by atoms with E-state index in [1.807, 2.05) is 0 Å². The number of guanidine groups is 1. The molecular weight excluding hydrogens is 379 g/mol. The molecule has 0 spiro atoms. The van der Waals surface area contributed by atoms with Gasteiger partial charge in [0.05, 0.1) is 19.8 Å². The van der Waals surface area contributed by atoms with Gasteiger partial charge in [0, 0.05) is 38.3 Å². The van der Waals surface area contributed by atoms with E-state index in [4.69, 9.17) is 9.73 Å². The molecule has 6 heteroatoms. The summed E-state index contributed by atoms with van der Waals surface area (Å²) in [5.41, 5.74) is 0. The average Bonchev–Trinajstić information content (AvgIpc) is 2.97. The number of likely N-dealkylation sites (tertiary alicyclic amines) is 1. The summed E-state index contributed by atoms with van der Waals surface area (Å²) in [5, 5.41) is 3.43. The van der Waals surface area contributed by atoms with Crippen LogP contribution in [0.4, 0.5) is 0 Å². The van der Waals surface area contributed by atoms with Crippen molar-refractivity contribution in [3.63, 3.8) is 0 Å². The molecule has 1 N–H and O–H groups in total. The van der Waals surface area contributed by atoms with E-state index in [1.165, 1.54) is 12.8 Å². The van der Waals surface area contributed by atoms with Crippen LogP contribution < -0.4 is 5.32 Å². The molecule has 0 bridgehead atoms. The van der Waals surface area contributed by atoms with Gasteiger partial charge in [-0.1, -0.05) is 0 Å². The Hall–Kier alpha value is -0.0800. The van der Waals surface area contributed by atoms with Crippen molar-refractivity contribution in [1.29, 1.82) is 0 Å². The Kier molecular flexibility index (Phi) is 8.89. The zero-order chi connectivity index (χ0) is 14.4. The number of hydrogen-bond acceptors (Lipinski definition) is 3. The molecule has 0 aromatic carbocycles. The predicted octanol–water partition coefficient (Wildman–Crippen LogP) is 1.77. The zero-order valence-electron chi connectivity index (χ0n) is 13.7. The van der Waals surface area contributed by atoms with Gasteiger partial charge in [-0.3, -0.25) is 9.89 Å². The molecule has 0 radical (unpaired) electrons. The SMILES string of the molecule is CCNC(=NCC(C)N1CCOCC1C)N1CCCC1.I. The van der Waals surface area contributed by atoms with Gasteiger partial charge < -0.3 is 15.0 Å². The minimum absolute atomic E-state index is 0. The molecule has 2 unspecified atom stereocenters. The van der Waals surface area contributed by atoms with Crippen LogP contribution in [-0.4, -0.2) is 73.8 Å². The first-order chi connectivity index (χ1) is 9.72. The summed E-state index contributed by atoms with van der Waals surface area (Å²) in [4.78, 5) is 9.76. The van der Waals surface area contributed by atoms with Crippen LogP contribution in [0.25, 0.3) is 0 Å². The first-order valence-corrected chi connectivity index (χ1v) is 8.09. The Balaban J connectivity index is 0.00000220. The van der Waals surface area contributed by atoms with E-state index >= 15 is 0 Å². The van der Waals surface area contributed by atoms with E-state index in [0.29, 0.717) is 12.1 Å². The second-order valence-electron chi connectivity index (χ2n) is 5.90. The van der Waals surface area contributed by atoms with E-state index in [0.717, 1.165) is 51.9 Å². The molecule has 0 aliphatic carbocycles. The Bertz CT molecular complexity index is 321. The maximum absolute atomic E-state index is 5.51. The summed E-state index contributed by atoms with van der Waals surface area (Å²) in [6.07, 6.45) is 2.58. The third-order valence-corrected chi connectivity index (χ3v) is 4.23. The molecule has 0 amide bonds. The van der Waals surface area contributed by atoms with Crippen molar-refractivity contribution in [2.45, 2.75) is 45.7 Å². The molecule has 2 aliphatic rings. The topological polar surface area (TPSA) is 40.1 Å². The monoisotopic (exact) mass is 410 g/mol. The molecule has 0 saturated carbocycles. The third kappa shape index (κ3) is 5.56. The lowest BCUT2D eigenvalue weighted by molar-refractivity contribution is -0.0166. The fourth-order valence-corrected chi connectivity index (χ4v) is 3.07. The zero-order valence-corrected chi connectivity index (χ0v) is 16.0. The number of nitrogens with zero attached hydrogens (tertiary/aromatic N) is 3. The minimum Gasteiger partial charge on any atom is -0.379 e. The second-order valence-corrected chi connectivity index (χ2v) is 5.90. The minimum atomic E-state index is 0. The van der Waals surface area contributed by atoms with Crippen molar-refractivity contribution < 1.29 is 4.74 Å². The largest absolute Gasteiger partial charge is 0.379 e. The molecule has 2 heterocycles.